The lowest BCUT2D eigenvalue weighted by atomic mass is 10.1. The van der Waals surface area contributed by atoms with Gasteiger partial charge in [0.25, 0.3) is 0 Å². The van der Waals surface area contributed by atoms with Gasteiger partial charge in [-0.2, -0.15) is 0 Å². The lowest BCUT2D eigenvalue weighted by Crippen LogP contribution is -2.18. The molecule has 21 heavy (non-hydrogen) atoms. The van der Waals surface area contributed by atoms with Crippen LogP contribution in [0.1, 0.15) is 22.8 Å². The van der Waals surface area contributed by atoms with Gasteiger partial charge in [-0.05, 0) is 49.7 Å². The van der Waals surface area contributed by atoms with Crippen molar-refractivity contribution < 1.29 is 9.53 Å². The molecule has 0 unspecified atom stereocenters. The molecule has 0 amide bonds. The molecular formula is C17H20N2O2. The molecule has 0 aliphatic rings. The van der Waals surface area contributed by atoms with Crippen LogP contribution in [-0.2, 0) is 4.74 Å². The summed E-state index contributed by atoms with van der Waals surface area (Å²) in [4.78, 5) is 13.8. The van der Waals surface area contributed by atoms with Crippen molar-refractivity contribution in [3.63, 3.8) is 0 Å². The Morgan fingerprint density at radius 1 is 1.24 bits per heavy atom. The molecule has 2 aromatic carbocycles. The third kappa shape index (κ3) is 3.16. The number of rotatable bonds is 4. The molecule has 0 fully saturated rings. The fourth-order valence-electron chi connectivity index (χ4n) is 2.31. The molecule has 0 aliphatic carbocycles. The second-order valence-corrected chi connectivity index (χ2v) is 4.85. The minimum absolute atomic E-state index is 0.364. The summed E-state index contributed by atoms with van der Waals surface area (Å²) in [6.45, 7) is 4.84. The highest BCUT2D eigenvalue weighted by Gasteiger charge is 2.14. The van der Waals surface area contributed by atoms with E-state index in [4.69, 9.17) is 10.5 Å². The van der Waals surface area contributed by atoms with Gasteiger partial charge >= 0.3 is 5.97 Å². The lowest BCUT2D eigenvalue weighted by molar-refractivity contribution is 0.0601. The number of benzene rings is 2. The van der Waals surface area contributed by atoms with Crippen molar-refractivity contribution in [3.05, 3.63) is 53.6 Å². The summed E-state index contributed by atoms with van der Waals surface area (Å²) < 4.78 is 4.77. The molecule has 4 heteroatoms. The van der Waals surface area contributed by atoms with Crippen molar-refractivity contribution in [3.8, 4) is 0 Å². The highest BCUT2D eigenvalue weighted by Crippen LogP contribution is 2.31. The van der Waals surface area contributed by atoms with Crippen LogP contribution in [0.2, 0.25) is 0 Å². The van der Waals surface area contributed by atoms with Crippen LogP contribution in [0.3, 0.4) is 0 Å². The fraction of sp³-hybridized carbons (Fsp3) is 0.235. The van der Waals surface area contributed by atoms with Crippen molar-refractivity contribution in [2.45, 2.75) is 13.8 Å². The first-order valence-electron chi connectivity index (χ1n) is 6.89. The Hall–Kier alpha value is -2.49. The Morgan fingerprint density at radius 2 is 2.00 bits per heavy atom. The largest absolute Gasteiger partial charge is 0.465 e. The number of nitrogens with two attached hydrogens (primary N) is 1. The van der Waals surface area contributed by atoms with E-state index in [1.54, 1.807) is 18.2 Å². The summed E-state index contributed by atoms with van der Waals surface area (Å²) in [7, 11) is 1.37. The van der Waals surface area contributed by atoms with Crippen molar-refractivity contribution >= 4 is 23.0 Å². The Labute approximate surface area is 125 Å². The van der Waals surface area contributed by atoms with Crippen LogP contribution in [0.15, 0.2) is 42.5 Å². The third-order valence-electron chi connectivity index (χ3n) is 3.37. The molecule has 0 saturated carbocycles. The number of nitrogen functional groups attached to an aromatic ring is 1. The Kier molecular flexibility index (Phi) is 4.48. The van der Waals surface area contributed by atoms with Gasteiger partial charge in [-0.15, -0.1) is 0 Å². The van der Waals surface area contributed by atoms with Crippen molar-refractivity contribution in [2.75, 3.05) is 24.3 Å². The number of carbonyl (C=O) groups is 1. The lowest BCUT2D eigenvalue weighted by Gasteiger charge is -2.25. The average molecular weight is 284 g/mol. The minimum atomic E-state index is -0.364. The summed E-state index contributed by atoms with van der Waals surface area (Å²) in [5, 5.41) is 0. The van der Waals surface area contributed by atoms with Gasteiger partial charge in [0, 0.05) is 12.2 Å². The zero-order valence-electron chi connectivity index (χ0n) is 12.6. The van der Waals surface area contributed by atoms with E-state index in [1.807, 2.05) is 32.0 Å². The van der Waals surface area contributed by atoms with Crippen molar-refractivity contribution in [1.29, 1.82) is 0 Å². The Bertz CT molecular complexity index is 653. The van der Waals surface area contributed by atoms with E-state index in [2.05, 4.69) is 11.0 Å². The van der Waals surface area contributed by atoms with Gasteiger partial charge < -0.3 is 15.4 Å². The van der Waals surface area contributed by atoms with Gasteiger partial charge in [-0.1, -0.05) is 12.1 Å². The second kappa shape index (κ2) is 6.31. The molecule has 0 heterocycles. The summed E-state index contributed by atoms with van der Waals surface area (Å²) in [5.41, 5.74) is 10.2. The van der Waals surface area contributed by atoms with Crippen LogP contribution >= 0.6 is 0 Å². The molecule has 2 N–H and O–H groups in total. The molecule has 0 aliphatic heterocycles. The summed E-state index contributed by atoms with van der Waals surface area (Å²) in [6, 6.07) is 13.4. The maximum absolute atomic E-state index is 11.7. The maximum Gasteiger partial charge on any atom is 0.337 e. The van der Waals surface area contributed by atoms with Crippen LogP contribution in [0.25, 0.3) is 0 Å². The molecule has 2 rings (SSSR count). The number of anilines is 3. The van der Waals surface area contributed by atoms with E-state index < -0.39 is 0 Å². The van der Waals surface area contributed by atoms with Gasteiger partial charge in [-0.25, -0.2) is 4.79 Å². The first kappa shape index (κ1) is 14.9. The fourth-order valence-corrected chi connectivity index (χ4v) is 2.31. The monoisotopic (exact) mass is 284 g/mol. The second-order valence-electron chi connectivity index (χ2n) is 4.85. The van der Waals surface area contributed by atoms with E-state index in [9.17, 15) is 4.79 Å². The predicted octanol–water partition coefficient (Wildman–Crippen LogP) is 3.52. The first-order chi connectivity index (χ1) is 10.1. The van der Waals surface area contributed by atoms with Crippen molar-refractivity contribution in [2.24, 2.45) is 0 Å². The number of aryl methyl sites for hydroxylation is 1. The molecule has 0 atom stereocenters. The van der Waals surface area contributed by atoms with Crippen LogP contribution in [0.5, 0.6) is 0 Å². The smallest absolute Gasteiger partial charge is 0.337 e. The molecule has 0 radical (unpaired) electrons. The number of methoxy groups -OCH3 is 1. The summed E-state index contributed by atoms with van der Waals surface area (Å²) in [6.07, 6.45) is 0. The van der Waals surface area contributed by atoms with Gasteiger partial charge in [-0.3, -0.25) is 0 Å². The normalized spacial score (nSPS) is 10.2. The van der Waals surface area contributed by atoms with Crippen LogP contribution < -0.4 is 10.6 Å². The van der Waals surface area contributed by atoms with Gasteiger partial charge in [0.2, 0.25) is 0 Å². The van der Waals surface area contributed by atoms with Crippen LogP contribution in [0.4, 0.5) is 17.1 Å². The molecular weight excluding hydrogens is 264 g/mol. The molecule has 0 aromatic heterocycles. The van der Waals surface area contributed by atoms with E-state index in [-0.39, 0.29) is 5.97 Å². The molecule has 110 valence electrons. The summed E-state index contributed by atoms with van der Waals surface area (Å²) >= 11 is 0. The third-order valence-corrected chi connectivity index (χ3v) is 3.37. The maximum atomic E-state index is 11.7. The van der Waals surface area contributed by atoms with Crippen molar-refractivity contribution in [1.82, 2.24) is 0 Å². The minimum Gasteiger partial charge on any atom is -0.465 e. The Morgan fingerprint density at radius 3 is 2.62 bits per heavy atom. The van der Waals surface area contributed by atoms with Crippen LogP contribution in [-0.4, -0.2) is 19.6 Å². The average Bonchev–Trinajstić information content (AvgIpc) is 2.49. The van der Waals surface area contributed by atoms with E-state index in [1.165, 1.54) is 12.7 Å². The van der Waals surface area contributed by atoms with E-state index in [0.29, 0.717) is 11.3 Å². The predicted molar refractivity (Wildman–Crippen MR) is 86.1 cm³/mol. The Balaban J connectivity index is 2.49. The number of hydrogen-bond donors (Lipinski definition) is 1. The van der Waals surface area contributed by atoms with Gasteiger partial charge in [0.05, 0.1) is 24.0 Å². The van der Waals surface area contributed by atoms with Gasteiger partial charge in [0.15, 0.2) is 0 Å². The topological polar surface area (TPSA) is 55.6 Å². The molecule has 2 aromatic rings. The highest BCUT2D eigenvalue weighted by molar-refractivity contribution is 5.92. The van der Waals surface area contributed by atoms with E-state index in [0.717, 1.165) is 17.9 Å². The van der Waals surface area contributed by atoms with Gasteiger partial charge in [0.1, 0.15) is 0 Å². The molecule has 4 nitrogen and oxygen atoms in total. The molecule has 0 bridgehead atoms. The number of hydrogen-bond acceptors (Lipinski definition) is 4. The number of esters is 1. The SMILES string of the molecule is CCN(c1cccc(C)c1)c1cc(C(=O)OC)ccc1N. The summed E-state index contributed by atoms with van der Waals surface area (Å²) in [5.74, 6) is -0.364. The standard InChI is InChI=1S/C17H20N2O2/c1-4-19(14-7-5-6-12(2)10-14)16-11-13(17(20)21-3)8-9-15(16)18/h5-11H,4,18H2,1-3H3. The molecule has 0 spiro atoms. The highest BCUT2D eigenvalue weighted by atomic mass is 16.5. The zero-order valence-corrected chi connectivity index (χ0v) is 12.6. The van der Waals surface area contributed by atoms with E-state index >= 15 is 0 Å². The van der Waals surface area contributed by atoms with Crippen LogP contribution in [0, 0.1) is 6.92 Å². The first-order valence-corrected chi connectivity index (χ1v) is 6.89. The number of carbonyl (C=O) groups excluding carboxylic acids is 1. The zero-order chi connectivity index (χ0) is 15.4. The quantitative estimate of drug-likeness (QED) is 0.689. The number of ether oxygens (including phenoxy) is 1. The number of nitrogens with zero attached hydrogens (tertiary/aromatic N) is 1. The molecule has 0 saturated heterocycles.